The first-order chi connectivity index (χ1) is 11.7. The van der Waals surface area contributed by atoms with Gasteiger partial charge in [0.1, 0.15) is 0 Å². The van der Waals surface area contributed by atoms with E-state index in [0.717, 1.165) is 19.6 Å². The van der Waals surface area contributed by atoms with Crippen LogP contribution in [0.2, 0.25) is 5.02 Å². The second kappa shape index (κ2) is 8.77. The topological polar surface area (TPSA) is 32.3 Å². The molecule has 2 aromatic rings. The average Bonchev–Trinajstić information content (AvgIpc) is 3.14. The second-order valence-electron chi connectivity index (χ2n) is 6.19. The van der Waals surface area contributed by atoms with Gasteiger partial charge in [0.2, 0.25) is 0 Å². The number of hydrogen-bond acceptors (Lipinski definition) is 4. The van der Waals surface area contributed by atoms with Crippen molar-refractivity contribution >= 4 is 28.7 Å². The largest absolute Gasteiger partial charge is 0.308 e. The number of ketones is 1. The lowest BCUT2D eigenvalue weighted by Crippen LogP contribution is -2.39. The molecule has 3 rings (SSSR count). The number of halogens is 1. The molecule has 1 unspecified atom stereocenters. The van der Waals surface area contributed by atoms with E-state index in [2.05, 4.69) is 27.7 Å². The molecule has 1 N–H and O–H groups in total. The van der Waals surface area contributed by atoms with Gasteiger partial charge in [-0.1, -0.05) is 24.1 Å². The van der Waals surface area contributed by atoms with Crippen molar-refractivity contribution in [2.24, 2.45) is 0 Å². The Morgan fingerprint density at radius 3 is 2.58 bits per heavy atom. The van der Waals surface area contributed by atoms with Crippen LogP contribution in [0.4, 0.5) is 0 Å². The standard InChI is InChI=1S/C19H23ClN2OS/c20-16-8-6-15(7-9-16)18(23)14-21-13-17(19-5-4-12-24-19)22-10-2-1-3-11-22/h4-9,12,17,21H,1-3,10-11,13-14H2. The minimum atomic E-state index is 0.107. The summed E-state index contributed by atoms with van der Waals surface area (Å²) in [6.45, 7) is 3.46. The maximum absolute atomic E-state index is 12.3. The Hall–Kier alpha value is -1.20. The van der Waals surface area contributed by atoms with Crippen molar-refractivity contribution in [3.8, 4) is 0 Å². The maximum Gasteiger partial charge on any atom is 0.176 e. The molecule has 1 fully saturated rings. The Labute approximate surface area is 152 Å². The molecule has 0 bridgehead atoms. The van der Waals surface area contributed by atoms with Crippen LogP contribution in [0.1, 0.15) is 40.5 Å². The predicted octanol–water partition coefficient (Wildman–Crippen LogP) is 4.40. The Kier molecular flexibility index (Phi) is 6.44. The SMILES string of the molecule is O=C(CNCC(c1cccs1)N1CCCCC1)c1ccc(Cl)cc1. The van der Waals surface area contributed by atoms with Crippen molar-refractivity contribution in [2.45, 2.75) is 25.3 Å². The fourth-order valence-corrected chi connectivity index (χ4v) is 4.17. The smallest absolute Gasteiger partial charge is 0.176 e. The molecule has 1 saturated heterocycles. The predicted molar refractivity (Wildman–Crippen MR) is 101 cm³/mol. The number of Topliss-reactive ketones (excluding diaryl/α,β-unsaturated/α-hetero) is 1. The number of piperidine rings is 1. The van der Waals surface area contributed by atoms with E-state index in [9.17, 15) is 4.79 Å². The van der Waals surface area contributed by atoms with Gasteiger partial charge in [-0.2, -0.15) is 0 Å². The Morgan fingerprint density at radius 2 is 1.92 bits per heavy atom. The summed E-state index contributed by atoms with van der Waals surface area (Å²) < 4.78 is 0. The van der Waals surface area contributed by atoms with Gasteiger partial charge in [0, 0.05) is 22.0 Å². The Balaban J connectivity index is 1.57. The van der Waals surface area contributed by atoms with Gasteiger partial charge in [-0.05, 0) is 61.6 Å². The number of nitrogens with one attached hydrogen (secondary N) is 1. The molecule has 0 aliphatic carbocycles. The first-order valence-electron chi connectivity index (χ1n) is 8.51. The normalized spacial score (nSPS) is 16.9. The van der Waals surface area contributed by atoms with Gasteiger partial charge in [0.05, 0.1) is 12.6 Å². The van der Waals surface area contributed by atoms with Gasteiger partial charge in [0.15, 0.2) is 5.78 Å². The lowest BCUT2D eigenvalue weighted by atomic mass is 10.1. The van der Waals surface area contributed by atoms with Gasteiger partial charge < -0.3 is 5.32 Å². The van der Waals surface area contributed by atoms with E-state index in [-0.39, 0.29) is 5.78 Å². The third-order valence-electron chi connectivity index (χ3n) is 4.49. The highest BCUT2D eigenvalue weighted by atomic mass is 35.5. The quantitative estimate of drug-likeness (QED) is 0.741. The highest BCUT2D eigenvalue weighted by Gasteiger charge is 2.23. The summed E-state index contributed by atoms with van der Waals surface area (Å²) in [7, 11) is 0. The Bertz CT molecular complexity index is 636. The van der Waals surface area contributed by atoms with Gasteiger partial charge in [-0.3, -0.25) is 9.69 Å². The molecule has 2 heterocycles. The van der Waals surface area contributed by atoms with E-state index in [0.29, 0.717) is 23.2 Å². The van der Waals surface area contributed by atoms with Gasteiger partial charge >= 0.3 is 0 Å². The summed E-state index contributed by atoms with van der Waals surface area (Å²) in [4.78, 5) is 16.2. The number of carbonyl (C=O) groups excluding carboxylic acids is 1. The van der Waals surface area contributed by atoms with Crippen LogP contribution < -0.4 is 5.32 Å². The highest BCUT2D eigenvalue weighted by Crippen LogP contribution is 2.27. The van der Waals surface area contributed by atoms with E-state index < -0.39 is 0 Å². The van der Waals surface area contributed by atoms with Crippen molar-refractivity contribution in [1.29, 1.82) is 0 Å². The number of benzene rings is 1. The van der Waals surface area contributed by atoms with Crippen molar-refractivity contribution in [2.75, 3.05) is 26.2 Å². The molecular formula is C19H23ClN2OS. The van der Waals surface area contributed by atoms with Crippen LogP contribution in [-0.4, -0.2) is 36.9 Å². The molecule has 1 aromatic carbocycles. The lowest BCUT2D eigenvalue weighted by Gasteiger charge is -2.34. The van der Waals surface area contributed by atoms with Crippen LogP contribution >= 0.6 is 22.9 Å². The Morgan fingerprint density at radius 1 is 1.17 bits per heavy atom. The summed E-state index contributed by atoms with van der Waals surface area (Å²) in [5.41, 5.74) is 0.706. The summed E-state index contributed by atoms with van der Waals surface area (Å²) in [5.74, 6) is 0.107. The molecular weight excluding hydrogens is 340 g/mol. The summed E-state index contributed by atoms with van der Waals surface area (Å²) in [6.07, 6.45) is 3.87. The minimum Gasteiger partial charge on any atom is -0.308 e. The number of thiophene rings is 1. The molecule has 128 valence electrons. The first kappa shape index (κ1) is 17.6. The number of likely N-dealkylation sites (tertiary alicyclic amines) is 1. The zero-order valence-electron chi connectivity index (χ0n) is 13.7. The molecule has 24 heavy (non-hydrogen) atoms. The lowest BCUT2D eigenvalue weighted by molar-refractivity contribution is 0.0984. The third kappa shape index (κ3) is 4.67. The number of nitrogens with zero attached hydrogens (tertiary/aromatic N) is 1. The van der Waals surface area contributed by atoms with E-state index >= 15 is 0 Å². The van der Waals surface area contributed by atoms with Gasteiger partial charge in [-0.15, -0.1) is 11.3 Å². The summed E-state index contributed by atoms with van der Waals surface area (Å²) in [5, 5.41) is 6.15. The molecule has 5 heteroatoms. The molecule has 1 aliphatic rings. The van der Waals surface area contributed by atoms with Crippen molar-refractivity contribution in [3.05, 3.63) is 57.2 Å². The summed E-state index contributed by atoms with van der Waals surface area (Å²) >= 11 is 7.67. The molecule has 3 nitrogen and oxygen atoms in total. The zero-order chi connectivity index (χ0) is 16.8. The third-order valence-corrected chi connectivity index (χ3v) is 5.72. The fraction of sp³-hybridized carbons (Fsp3) is 0.421. The van der Waals surface area contributed by atoms with E-state index in [4.69, 9.17) is 11.6 Å². The number of hydrogen-bond donors (Lipinski definition) is 1. The minimum absolute atomic E-state index is 0.107. The molecule has 1 aromatic heterocycles. The molecule has 0 spiro atoms. The zero-order valence-corrected chi connectivity index (χ0v) is 15.3. The van der Waals surface area contributed by atoms with Crippen molar-refractivity contribution in [3.63, 3.8) is 0 Å². The van der Waals surface area contributed by atoms with Crippen LogP contribution in [0.5, 0.6) is 0 Å². The average molecular weight is 363 g/mol. The first-order valence-corrected chi connectivity index (χ1v) is 9.77. The molecule has 0 amide bonds. The van der Waals surface area contributed by atoms with Crippen LogP contribution in [-0.2, 0) is 0 Å². The van der Waals surface area contributed by atoms with Crippen molar-refractivity contribution in [1.82, 2.24) is 10.2 Å². The van der Waals surface area contributed by atoms with E-state index in [1.807, 2.05) is 0 Å². The maximum atomic E-state index is 12.3. The summed E-state index contributed by atoms with van der Waals surface area (Å²) in [6, 6.07) is 11.8. The molecule has 0 radical (unpaired) electrons. The second-order valence-corrected chi connectivity index (χ2v) is 7.60. The van der Waals surface area contributed by atoms with Gasteiger partial charge in [-0.25, -0.2) is 0 Å². The molecule has 1 atom stereocenters. The van der Waals surface area contributed by atoms with Crippen LogP contribution in [0, 0.1) is 0 Å². The van der Waals surface area contributed by atoms with Crippen LogP contribution in [0.25, 0.3) is 0 Å². The van der Waals surface area contributed by atoms with Crippen molar-refractivity contribution < 1.29 is 4.79 Å². The highest BCUT2D eigenvalue weighted by molar-refractivity contribution is 7.10. The molecule has 1 aliphatic heterocycles. The molecule has 0 saturated carbocycles. The van der Waals surface area contributed by atoms with Crippen LogP contribution in [0.3, 0.4) is 0 Å². The van der Waals surface area contributed by atoms with E-state index in [1.54, 1.807) is 35.6 Å². The monoisotopic (exact) mass is 362 g/mol. The van der Waals surface area contributed by atoms with Gasteiger partial charge in [0.25, 0.3) is 0 Å². The van der Waals surface area contributed by atoms with E-state index in [1.165, 1.54) is 24.1 Å². The number of carbonyl (C=O) groups is 1. The number of rotatable bonds is 7. The van der Waals surface area contributed by atoms with Crippen LogP contribution in [0.15, 0.2) is 41.8 Å². The fourth-order valence-electron chi connectivity index (χ4n) is 3.18.